The second-order valence-corrected chi connectivity index (χ2v) is 8.97. The highest BCUT2D eigenvalue weighted by Crippen LogP contribution is 2.28. The molecule has 0 saturated carbocycles. The van der Waals surface area contributed by atoms with Gasteiger partial charge in [0.1, 0.15) is 16.5 Å². The number of amides is 1. The van der Waals surface area contributed by atoms with Crippen molar-refractivity contribution in [1.29, 1.82) is 0 Å². The number of hydrogen-bond acceptors (Lipinski definition) is 5. The highest BCUT2D eigenvalue weighted by Gasteiger charge is 2.20. The van der Waals surface area contributed by atoms with Crippen LogP contribution in [-0.4, -0.2) is 34.1 Å². The highest BCUT2D eigenvalue weighted by atomic mass is 35.5. The van der Waals surface area contributed by atoms with Crippen LogP contribution in [0.15, 0.2) is 41.3 Å². The molecule has 0 unspecified atom stereocenters. The maximum atomic E-state index is 13.1. The van der Waals surface area contributed by atoms with Gasteiger partial charge in [-0.15, -0.1) is 0 Å². The number of halogens is 2. The van der Waals surface area contributed by atoms with E-state index in [9.17, 15) is 17.6 Å². The Morgan fingerprint density at radius 2 is 1.97 bits per heavy atom. The molecule has 0 spiro atoms. The molecule has 162 valence electrons. The number of sulfonamides is 1. The van der Waals surface area contributed by atoms with Crippen LogP contribution >= 0.6 is 11.6 Å². The largest absolute Gasteiger partial charge is 0.492 e. The zero-order chi connectivity index (χ0) is 21.7. The van der Waals surface area contributed by atoms with E-state index < -0.39 is 21.7 Å². The molecule has 10 heteroatoms. The van der Waals surface area contributed by atoms with Gasteiger partial charge in [0.05, 0.1) is 13.0 Å². The van der Waals surface area contributed by atoms with Crippen LogP contribution in [0.25, 0.3) is 0 Å². The van der Waals surface area contributed by atoms with Crippen LogP contribution in [-0.2, 0) is 26.0 Å². The topological polar surface area (TPSA) is 108 Å². The number of carbonyl (C=O) groups is 1. The lowest BCUT2D eigenvalue weighted by Crippen LogP contribution is -2.22. The van der Waals surface area contributed by atoms with E-state index in [0.29, 0.717) is 25.4 Å². The normalized spacial score (nSPS) is 15.0. The van der Waals surface area contributed by atoms with Crippen LogP contribution in [0.3, 0.4) is 0 Å². The van der Waals surface area contributed by atoms with Gasteiger partial charge in [0, 0.05) is 23.9 Å². The number of ether oxygens (including phenoxy) is 2. The van der Waals surface area contributed by atoms with Crippen LogP contribution in [0.5, 0.6) is 5.75 Å². The Morgan fingerprint density at radius 3 is 2.63 bits per heavy atom. The van der Waals surface area contributed by atoms with Crippen LogP contribution in [0.1, 0.15) is 18.4 Å². The van der Waals surface area contributed by atoms with Crippen LogP contribution < -0.4 is 15.2 Å². The van der Waals surface area contributed by atoms with E-state index in [4.69, 9.17) is 26.2 Å². The van der Waals surface area contributed by atoms with Crippen molar-refractivity contribution < 1.29 is 27.1 Å². The minimum atomic E-state index is -4.08. The van der Waals surface area contributed by atoms with Gasteiger partial charge in [-0.05, 0) is 54.7 Å². The minimum absolute atomic E-state index is 0.105. The lowest BCUT2D eigenvalue weighted by atomic mass is 10.0. The molecule has 2 aromatic rings. The monoisotopic (exact) mass is 456 g/mol. The van der Waals surface area contributed by atoms with Gasteiger partial charge in [-0.1, -0.05) is 17.7 Å². The number of carbonyl (C=O) groups excluding carboxylic acids is 1. The third-order valence-corrected chi connectivity index (χ3v) is 6.00. The van der Waals surface area contributed by atoms with E-state index in [1.54, 1.807) is 0 Å². The summed E-state index contributed by atoms with van der Waals surface area (Å²) in [4.78, 5) is 12.1. The predicted molar refractivity (Wildman–Crippen MR) is 111 cm³/mol. The molecule has 0 radical (unpaired) electrons. The number of anilines is 1. The van der Waals surface area contributed by atoms with Crippen LogP contribution in [0.4, 0.5) is 10.1 Å². The van der Waals surface area contributed by atoms with Crippen molar-refractivity contribution in [3.8, 4) is 5.75 Å². The lowest BCUT2D eigenvalue weighted by molar-refractivity contribution is -0.115. The summed E-state index contributed by atoms with van der Waals surface area (Å²) in [6.07, 6.45) is 1.57. The van der Waals surface area contributed by atoms with Crippen molar-refractivity contribution in [2.45, 2.75) is 24.2 Å². The Hall–Kier alpha value is -2.20. The standard InChI is InChI=1S/C20H22ClFN2O5S/c21-17-10-15(22)2-1-14(17)9-20(25)24-16-3-4-18(19(11-16)30(23,26)27)29-12-13-5-7-28-8-6-13/h1-4,10-11,13H,5-9,12H2,(H,24,25)(H2,23,26,27). The summed E-state index contributed by atoms with van der Waals surface area (Å²) in [5, 5.41) is 8.06. The van der Waals surface area contributed by atoms with Gasteiger partial charge in [0.15, 0.2) is 0 Å². The molecular formula is C20H22ClFN2O5S. The van der Waals surface area contributed by atoms with Gasteiger partial charge < -0.3 is 14.8 Å². The zero-order valence-electron chi connectivity index (χ0n) is 16.1. The average molecular weight is 457 g/mol. The Morgan fingerprint density at radius 1 is 1.23 bits per heavy atom. The molecule has 1 aliphatic heterocycles. The molecule has 1 heterocycles. The molecular weight excluding hydrogens is 435 g/mol. The molecule has 1 saturated heterocycles. The van der Waals surface area contributed by atoms with Gasteiger partial charge >= 0.3 is 0 Å². The first-order valence-electron chi connectivity index (χ1n) is 9.33. The van der Waals surface area contributed by atoms with Gasteiger partial charge in [-0.2, -0.15) is 0 Å². The third kappa shape index (κ3) is 6.15. The molecule has 7 nitrogen and oxygen atoms in total. The van der Waals surface area contributed by atoms with Gasteiger partial charge in [-0.25, -0.2) is 17.9 Å². The van der Waals surface area contributed by atoms with E-state index in [0.717, 1.165) is 18.9 Å². The van der Waals surface area contributed by atoms with Crippen molar-refractivity contribution in [1.82, 2.24) is 0 Å². The predicted octanol–water partition coefficient (Wildman–Crippen LogP) is 3.11. The maximum Gasteiger partial charge on any atom is 0.241 e. The van der Waals surface area contributed by atoms with Crippen molar-refractivity contribution in [3.63, 3.8) is 0 Å². The molecule has 0 aromatic heterocycles. The molecule has 30 heavy (non-hydrogen) atoms. The van der Waals surface area contributed by atoms with E-state index >= 15 is 0 Å². The Bertz CT molecular complexity index is 1030. The summed E-state index contributed by atoms with van der Waals surface area (Å²) in [7, 11) is -4.08. The van der Waals surface area contributed by atoms with Gasteiger partial charge in [0.25, 0.3) is 0 Å². The fraction of sp³-hybridized carbons (Fsp3) is 0.350. The zero-order valence-corrected chi connectivity index (χ0v) is 17.6. The summed E-state index contributed by atoms with van der Waals surface area (Å²) in [5.74, 6) is -0.548. The summed E-state index contributed by atoms with van der Waals surface area (Å²) < 4.78 is 48.2. The van der Waals surface area contributed by atoms with E-state index in [1.807, 2.05) is 0 Å². The molecule has 1 fully saturated rings. The summed E-state index contributed by atoms with van der Waals surface area (Å²) >= 11 is 5.94. The first kappa shape index (κ1) is 22.5. The molecule has 0 aliphatic carbocycles. The summed E-state index contributed by atoms with van der Waals surface area (Å²) in [5.41, 5.74) is 0.680. The Kier molecular flexibility index (Phi) is 7.30. The molecule has 2 aromatic carbocycles. The number of hydrogen-bond donors (Lipinski definition) is 2. The number of primary sulfonamides is 1. The van der Waals surface area contributed by atoms with Crippen molar-refractivity contribution in [2.75, 3.05) is 25.1 Å². The van der Waals surface area contributed by atoms with Crippen LogP contribution in [0, 0.1) is 11.7 Å². The smallest absolute Gasteiger partial charge is 0.241 e. The van der Waals surface area contributed by atoms with Gasteiger partial charge in [-0.3, -0.25) is 4.79 Å². The second-order valence-electron chi connectivity index (χ2n) is 7.03. The van der Waals surface area contributed by atoms with Crippen molar-refractivity contribution in [3.05, 3.63) is 52.8 Å². The first-order chi connectivity index (χ1) is 14.2. The molecule has 1 aliphatic rings. The van der Waals surface area contributed by atoms with E-state index in [2.05, 4.69) is 5.32 Å². The SMILES string of the molecule is NS(=O)(=O)c1cc(NC(=O)Cc2ccc(F)cc2Cl)ccc1OCC1CCOCC1. The van der Waals surface area contributed by atoms with E-state index in [1.165, 1.54) is 30.3 Å². The quantitative estimate of drug-likeness (QED) is 0.665. The molecule has 1 amide bonds. The molecule has 0 bridgehead atoms. The fourth-order valence-corrected chi connectivity index (χ4v) is 4.02. The van der Waals surface area contributed by atoms with Crippen molar-refractivity contribution >= 4 is 33.2 Å². The third-order valence-electron chi connectivity index (χ3n) is 4.72. The number of rotatable bonds is 7. The van der Waals surface area contributed by atoms with Gasteiger partial charge in [0.2, 0.25) is 15.9 Å². The maximum absolute atomic E-state index is 13.1. The highest BCUT2D eigenvalue weighted by molar-refractivity contribution is 7.89. The summed E-state index contributed by atoms with van der Waals surface area (Å²) in [6.45, 7) is 1.65. The summed E-state index contributed by atoms with van der Waals surface area (Å²) in [6, 6.07) is 7.98. The number of nitrogens with one attached hydrogen (secondary N) is 1. The lowest BCUT2D eigenvalue weighted by Gasteiger charge is -2.22. The molecule has 3 rings (SSSR count). The average Bonchev–Trinajstić information content (AvgIpc) is 2.69. The molecule has 0 atom stereocenters. The number of nitrogens with two attached hydrogens (primary N) is 1. The Balaban J connectivity index is 1.71. The fourth-order valence-electron chi connectivity index (χ4n) is 3.09. The second kappa shape index (κ2) is 9.74. The number of benzene rings is 2. The first-order valence-corrected chi connectivity index (χ1v) is 11.3. The van der Waals surface area contributed by atoms with E-state index in [-0.39, 0.29) is 33.7 Å². The van der Waals surface area contributed by atoms with Crippen LogP contribution in [0.2, 0.25) is 5.02 Å². The minimum Gasteiger partial charge on any atom is -0.492 e. The van der Waals surface area contributed by atoms with Crippen molar-refractivity contribution in [2.24, 2.45) is 11.1 Å². The molecule has 3 N–H and O–H groups in total. The Labute approximate surface area is 179 Å².